The number of ether oxygens (including phenoxy) is 1. The molecule has 0 saturated heterocycles. The van der Waals surface area contributed by atoms with E-state index in [1.165, 1.54) is 12.7 Å². The van der Waals surface area contributed by atoms with Gasteiger partial charge in [-0.25, -0.2) is 4.79 Å². The van der Waals surface area contributed by atoms with E-state index in [0.717, 1.165) is 5.69 Å². The molecular formula is C21H23N5O2. The summed E-state index contributed by atoms with van der Waals surface area (Å²) in [6.07, 6.45) is 1.57. The van der Waals surface area contributed by atoms with Gasteiger partial charge in [-0.1, -0.05) is 30.3 Å². The van der Waals surface area contributed by atoms with Crippen LogP contribution in [0.4, 0.5) is 17.5 Å². The highest BCUT2D eigenvalue weighted by atomic mass is 16.5. The minimum absolute atomic E-state index is 0.205. The van der Waals surface area contributed by atoms with Gasteiger partial charge in [0.05, 0.1) is 18.9 Å². The highest BCUT2D eigenvalue weighted by Crippen LogP contribution is 2.19. The SMILES string of the molecule is COC(=O)c1ccc(Nc2cnnc(N(Cc3ccccc3)C(C)C)n2)cc1. The molecule has 0 radical (unpaired) electrons. The van der Waals surface area contributed by atoms with Crippen LogP contribution in [0.3, 0.4) is 0 Å². The highest BCUT2D eigenvalue weighted by Gasteiger charge is 2.15. The van der Waals surface area contributed by atoms with Gasteiger partial charge in [-0.15, -0.1) is 5.10 Å². The molecule has 0 spiro atoms. The molecule has 0 atom stereocenters. The summed E-state index contributed by atoms with van der Waals surface area (Å²) in [4.78, 5) is 18.2. The number of benzene rings is 2. The third-order valence-electron chi connectivity index (χ3n) is 4.20. The van der Waals surface area contributed by atoms with Crippen LogP contribution in [0, 0.1) is 0 Å². The number of anilines is 3. The Labute approximate surface area is 164 Å². The van der Waals surface area contributed by atoms with E-state index in [-0.39, 0.29) is 12.0 Å². The summed E-state index contributed by atoms with van der Waals surface area (Å²) in [5.74, 6) is 0.760. The van der Waals surface area contributed by atoms with Crippen LogP contribution in [0.2, 0.25) is 0 Å². The molecule has 3 aromatic rings. The lowest BCUT2D eigenvalue weighted by atomic mass is 10.2. The number of nitrogens with zero attached hydrogens (tertiary/aromatic N) is 4. The van der Waals surface area contributed by atoms with Crippen molar-refractivity contribution in [1.82, 2.24) is 15.2 Å². The number of hydrogen-bond acceptors (Lipinski definition) is 7. The Morgan fingerprint density at radius 3 is 2.46 bits per heavy atom. The Bertz CT molecular complexity index is 914. The molecule has 3 rings (SSSR count). The molecule has 0 aliphatic heterocycles. The highest BCUT2D eigenvalue weighted by molar-refractivity contribution is 5.89. The van der Waals surface area contributed by atoms with Crippen molar-refractivity contribution in [2.75, 3.05) is 17.3 Å². The first-order valence-corrected chi connectivity index (χ1v) is 9.02. The van der Waals surface area contributed by atoms with Crippen molar-refractivity contribution in [1.29, 1.82) is 0 Å². The lowest BCUT2D eigenvalue weighted by Crippen LogP contribution is -2.32. The molecule has 1 N–H and O–H groups in total. The molecule has 1 aromatic heterocycles. The molecular weight excluding hydrogens is 354 g/mol. The van der Waals surface area contributed by atoms with Crippen LogP contribution < -0.4 is 10.2 Å². The minimum atomic E-state index is -0.369. The predicted molar refractivity (Wildman–Crippen MR) is 109 cm³/mol. The maximum Gasteiger partial charge on any atom is 0.337 e. The van der Waals surface area contributed by atoms with E-state index in [4.69, 9.17) is 4.74 Å². The largest absolute Gasteiger partial charge is 0.465 e. The van der Waals surface area contributed by atoms with Crippen molar-refractivity contribution in [2.45, 2.75) is 26.4 Å². The van der Waals surface area contributed by atoms with E-state index in [1.807, 2.05) is 18.2 Å². The number of carbonyl (C=O) groups excluding carboxylic acids is 1. The fourth-order valence-corrected chi connectivity index (χ4v) is 2.70. The van der Waals surface area contributed by atoms with Crippen molar-refractivity contribution in [2.24, 2.45) is 0 Å². The van der Waals surface area contributed by atoms with Gasteiger partial charge in [-0.2, -0.15) is 10.1 Å². The molecule has 0 aliphatic carbocycles. The first-order chi connectivity index (χ1) is 13.6. The summed E-state index contributed by atoms with van der Waals surface area (Å²) in [6.45, 7) is 4.88. The Kier molecular flexibility index (Phi) is 6.16. The number of methoxy groups -OCH3 is 1. The second kappa shape index (κ2) is 8.94. The Balaban J connectivity index is 1.77. The molecule has 0 amide bonds. The number of esters is 1. The summed E-state index contributed by atoms with van der Waals surface area (Å²) in [5.41, 5.74) is 2.46. The van der Waals surface area contributed by atoms with E-state index in [0.29, 0.717) is 23.9 Å². The van der Waals surface area contributed by atoms with Gasteiger partial charge in [-0.05, 0) is 43.7 Å². The van der Waals surface area contributed by atoms with Crippen LogP contribution in [0.25, 0.3) is 0 Å². The predicted octanol–water partition coefficient (Wildman–Crippen LogP) is 3.82. The van der Waals surface area contributed by atoms with Crippen LogP contribution in [0.1, 0.15) is 29.8 Å². The maximum absolute atomic E-state index is 11.5. The summed E-state index contributed by atoms with van der Waals surface area (Å²) >= 11 is 0. The van der Waals surface area contributed by atoms with Gasteiger partial charge in [0.25, 0.3) is 0 Å². The van der Waals surface area contributed by atoms with Gasteiger partial charge in [0.15, 0.2) is 5.82 Å². The van der Waals surface area contributed by atoms with E-state index in [1.54, 1.807) is 30.5 Å². The van der Waals surface area contributed by atoms with Crippen molar-refractivity contribution < 1.29 is 9.53 Å². The fourth-order valence-electron chi connectivity index (χ4n) is 2.70. The number of rotatable bonds is 7. The second-order valence-corrected chi connectivity index (χ2v) is 6.54. The molecule has 0 bridgehead atoms. The molecule has 1 heterocycles. The second-order valence-electron chi connectivity index (χ2n) is 6.54. The summed E-state index contributed by atoms with van der Waals surface area (Å²) in [6, 6.07) is 17.4. The molecule has 144 valence electrons. The Morgan fingerprint density at radius 1 is 1.11 bits per heavy atom. The van der Waals surface area contributed by atoms with Gasteiger partial charge in [0.2, 0.25) is 5.95 Å². The fraction of sp³-hybridized carbons (Fsp3) is 0.238. The average molecular weight is 377 g/mol. The Hall–Kier alpha value is -3.48. The lowest BCUT2D eigenvalue weighted by Gasteiger charge is -2.26. The van der Waals surface area contributed by atoms with Crippen molar-refractivity contribution >= 4 is 23.4 Å². The first-order valence-electron chi connectivity index (χ1n) is 9.02. The normalized spacial score (nSPS) is 10.6. The Morgan fingerprint density at radius 2 is 1.82 bits per heavy atom. The molecule has 28 heavy (non-hydrogen) atoms. The smallest absolute Gasteiger partial charge is 0.337 e. The van der Waals surface area contributed by atoms with Crippen molar-refractivity contribution in [3.63, 3.8) is 0 Å². The molecule has 2 aromatic carbocycles. The average Bonchev–Trinajstić information content (AvgIpc) is 2.73. The topological polar surface area (TPSA) is 80.2 Å². The number of nitrogens with one attached hydrogen (secondary N) is 1. The van der Waals surface area contributed by atoms with E-state index in [2.05, 4.69) is 51.4 Å². The number of carbonyl (C=O) groups is 1. The molecule has 0 aliphatic rings. The third-order valence-corrected chi connectivity index (χ3v) is 4.20. The van der Waals surface area contributed by atoms with Gasteiger partial charge >= 0.3 is 5.97 Å². The van der Waals surface area contributed by atoms with Crippen LogP contribution in [-0.2, 0) is 11.3 Å². The lowest BCUT2D eigenvalue weighted by molar-refractivity contribution is 0.0601. The minimum Gasteiger partial charge on any atom is -0.465 e. The zero-order chi connectivity index (χ0) is 19.9. The number of aromatic nitrogens is 3. The quantitative estimate of drug-likeness (QED) is 0.627. The molecule has 7 nitrogen and oxygen atoms in total. The zero-order valence-electron chi connectivity index (χ0n) is 16.2. The van der Waals surface area contributed by atoms with E-state index < -0.39 is 0 Å². The van der Waals surface area contributed by atoms with Crippen LogP contribution >= 0.6 is 0 Å². The molecule has 0 saturated carbocycles. The van der Waals surface area contributed by atoms with Crippen LogP contribution in [0.15, 0.2) is 60.8 Å². The van der Waals surface area contributed by atoms with E-state index in [9.17, 15) is 4.79 Å². The first kappa shape index (κ1) is 19.3. The van der Waals surface area contributed by atoms with Crippen LogP contribution in [-0.4, -0.2) is 34.3 Å². The van der Waals surface area contributed by atoms with Crippen molar-refractivity contribution in [3.8, 4) is 0 Å². The van der Waals surface area contributed by atoms with E-state index >= 15 is 0 Å². The van der Waals surface area contributed by atoms with Gasteiger partial charge in [0, 0.05) is 18.3 Å². The monoisotopic (exact) mass is 377 g/mol. The standard InChI is InChI=1S/C21H23N5O2/c1-15(2)26(14-16-7-5-4-6-8-16)21-24-19(13-22-25-21)23-18-11-9-17(10-12-18)20(27)28-3/h4-13,15H,14H2,1-3H3,(H,23,24,25). The van der Waals surface area contributed by atoms with Crippen LogP contribution in [0.5, 0.6) is 0 Å². The van der Waals surface area contributed by atoms with Gasteiger partial charge in [-0.3, -0.25) is 0 Å². The molecule has 0 unspecified atom stereocenters. The van der Waals surface area contributed by atoms with Crippen molar-refractivity contribution in [3.05, 3.63) is 71.9 Å². The third kappa shape index (κ3) is 4.82. The summed E-state index contributed by atoms with van der Waals surface area (Å²) in [7, 11) is 1.36. The summed E-state index contributed by atoms with van der Waals surface area (Å²) < 4.78 is 4.71. The number of hydrogen-bond donors (Lipinski definition) is 1. The zero-order valence-corrected chi connectivity index (χ0v) is 16.2. The summed E-state index contributed by atoms with van der Waals surface area (Å²) in [5, 5.41) is 11.5. The van der Waals surface area contributed by atoms with Gasteiger partial charge in [0.1, 0.15) is 0 Å². The molecule has 7 heteroatoms. The maximum atomic E-state index is 11.5. The molecule has 0 fully saturated rings. The van der Waals surface area contributed by atoms with Gasteiger partial charge < -0.3 is 15.0 Å².